The number of carbonyl (C=O) groups is 2. The Morgan fingerprint density at radius 3 is 2.65 bits per heavy atom. The summed E-state index contributed by atoms with van der Waals surface area (Å²) in [7, 11) is 0. The number of thiazole rings is 1. The zero-order valence-corrected chi connectivity index (χ0v) is 20.2. The van der Waals surface area contributed by atoms with Crippen LogP contribution in [0.4, 0.5) is 5.69 Å². The minimum atomic E-state index is -0.262. The largest absolute Gasteiger partial charge is 0.333 e. The molecule has 1 aliphatic rings. The van der Waals surface area contributed by atoms with Gasteiger partial charge in [0.15, 0.2) is 0 Å². The van der Waals surface area contributed by atoms with Crippen LogP contribution in [0, 0.1) is 12.8 Å². The van der Waals surface area contributed by atoms with Gasteiger partial charge in [0.25, 0.3) is 0 Å². The van der Waals surface area contributed by atoms with E-state index in [1.165, 1.54) is 0 Å². The number of benzene rings is 1. The molecule has 2 aromatic rings. The van der Waals surface area contributed by atoms with Crippen molar-refractivity contribution in [1.82, 2.24) is 14.8 Å². The maximum Gasteiger partial charge on any atom is 0.244 e. The topological polar surface area (TPSA) is 65.5 Å². The number of piperidine rings is 1. The monoisotopic (exact) mass is 482 g/mol. The third-order valence-electron chi connectivity index (χ3n) is 5.33. The Hall–Kier alpha value is -1.67. The highest BCUT2D eigenvalue weighted by atomic mass is 35.5. The molecule has 31 heavy (non-hydrogen) atoms. The van der Waals surface area contributed by atoms with E-state index in [2.05, 4.69) is 20.6 Å². The van der Waals surface area contributed by atoms with E-state index in [0.717, 1.165) is 49.6 Å². The zero-order chi connectivity index (χ0) is 22.4. The Balaban J connectivity index is 1.53. The van der Waals surface area contributed by atoms with E-state index in [4.69, 9.17) is 23.2 Å². The van der Waals surface area contributed by atoms with Crippen molar-refractivity contribution in [3.05, 3.63) is 44.3 Å². The molecular formula is C22H28Cl2N4O2S. The Bertz CT molecular complexity index is 913. The number of halogens is 2. The first kappa shape index (κ1) is 24.0. The van der Waals surface area contributed by atoms with E-state index in [0.29, 0.717) is 22.3 Å². The van der Waals surface area contributed by atoms with Gasteiger partial charge in [-0.25, -0.2) is 4.98 Å². The van der Waals surface area contributed by atoms with Crippen LogP contribution in [-0.2, 0) is 16.1 Å². The molecule has 9 heteroatoms. The number of anilines is 1. The molecule has 1 N–H and O–H groups in total. The second-order valence-corrected chi connectivity index (χ2v) is 9.75. The fourth-order valence-corrected chi connectivity index (χ4v) is 4.86. The van der Waals surface area contributed by atoms with Crippen LogP contribution >= 0.6 is 34.5 Å². The maximum atomic E-state index is 13.1. The van der Waals surface area contributed by atoms with Crippen LogP contribution in [0.1, 0.15) is 36.9 Å². The molecule has 0 saturated carbocycles. The smallest absolute Gasteiger partial charge is 0.244 e. The summed E-state index contributed by atoms with van der Waals surface area (Å²) in [6.45, 7) is 7.14. The first-order valence-electron chi connectivity index (χ1n) is 10.5. The molecular weight excluding hydrogens is 455 g/mol. The third-order valence-corrected chi connectivity index (χ3v) is 6.70. The summed E-state index contributed by atoms with van der Waals surface area (Å²) in [5.41, 5.74) is 1.59. The van der Waals surface area contributed by atoms with Gasteiger partial charge in [0.05, 0.1) is 28.0 Å². The molecule has 2 heterocycles. The Morgan fingerprint density at radius 2 is 2.03 bits per heavy atom. The molecule has 1 aromatic heterocycles. The first-order chi connectivity index (χ1) is 14.9. The fraction of sp³-hybridized carbons (Fsp3) is 0.500. The van der Waals surface area contributed by atoms with Crippen molar-refractivity contribution in [1.29, 1.82) is 0 Å². The van der Waals surface area contributed by atoms with Crippen LogP contribution < -0.4 is 5.32 Å². The van der Waals surface area contributed by atoms with Gasteiger partial charge in [0, 0.05) is 29.4 Å². The molecule has 0 unspecified atom stereocenters. The molecule has 0 aliphatic carbocycles. The number of nitrogens with zero attached hydrogens (tertiary/aromatic N) is 3. The van der Waals surface area contributed by atoms with Crippen molar-refractivity contribution in [2.75, 3.05) is 31.5 Å². The average Bonchev–Trinajstić information content (AvgIpc) is 3.14. The standard InChI is InChI=1S/C22H28Cl2N4O2S/c1-3-8-28(13-21(29)26-20-5-4-17(23)11-19(20)24)22(30)16-6-9-27(10-7-16)12-18-14-31-15(2)25-18/h4-5,11,14,16H,3,6-10,12-13H2,1-2H3,(H,26,29). The predicted molar refractivity (Wildman–Crippen MR) is 127 cm³/mol. The molecule has 0 atom stereocenters. The SMILES string of the molecule is CCCN(CC(=O)Nc1ccc(Cl)cc1Cl)C(=O)C1CCN(Cc2csc(C)n2)CC1. The van der Waals surface area contributed by atoms with Gasteiger partial charge >= 0.3 is 0 Å². The number of hydrogen-bond donors (Lipinski definition) is 1. The summed E-state index contributed by atoms with van der Waals surface area (Å²) in [4.78, 5) is 34.2. The molecule has 168 valence electrons. The second kappa shape index (κ2) is 11.3. The molecule has 0 bridgehead atoms. The van der Waals surface area contributed by atoms with E-state index in [-0.39, 0.29) is 24.3 Å². The summed E-state index contributed by atoms with van der Waals surface area (Å²) < 4.78 is 0. The molecule has 6 nitrogen and oxygen atoms in total. The van der Waals surface area contributed by atoms with Crippen LogP contribution in [-0.4, -0.2) is 52.8 Å². The highest BCUT2D eigenvalue weighted by molar-refractivity contribution is 7.09. The number of rotatable bonds is 8. The van der Waals surface area contributed by atoms with Crippen LogP contribution in [0.3, 0.4) is 0 Å². The maximum absolute atomic E-state index is 13.1. The highest BCUT2D eigenvalue weighted by Gasteiger charge is 2.29. The van der Waals surface area contributed by atoms with E-state index >= 15 is 0 Å². The van der Waals surface area contributed by atoms with Crippen LogP contribution in [0.2, 0.25) is 10.0 Å². The Labute approximate surface area is 197 Å². The van der Waals surface area contributed by atoms with Gasteiger partial charge in [-0.2, -0.15) is 0 Å². The second-order valence-electron chi connectivity index (χ2n) is 7.84. The summed E-state index contributed by atoms with van der Waals surface area (Å²) in [5.74, 6) is -0.252. The Morgan fingerprint density at radius 1 is 1.29 bits per heavy atom. The highest BCUT2D eigenvalue weighted by Crippen LogP contribution is 2.26. The van der Waals surface area contributed by atoms with E-state index in [1.54, 1.807) is 34.4 Å². The average molecular weight is 483 g/mol. The summed E-state index contributed by atoms with van der Waals surface area (Å²) in [6, 6.07) is 4.90. The lowest BCUT2D eigenvalue weighted by atomic mass is 9.95. The number of aromatic nitrogens is 1. The number of likely N-dealkylation sites (tertiary alicyclic amines) is 1. The van der Waals surface area contributed by atoms with Gasteiger partial charge in [0.1, 0.15) is 0 Å². The molecule has 0 radical (unpaired) electrons. The first-order valence-corrected chi connectivity index (χ1v) is 12.2. The van der Waals surface area contributed by atoms with E-state index in [9.17, 15) is 9.59 Å². The van der Waals surface area contributed by atoms with Gasteiger partial charge in [-0.3, -0.25) is 14.5 Å². The van der Waals surface area contributed by atoms with E-state index in [1.807, 2.05) is 13.8 Å². The fourth-order valence-electron chi connectivity index (χ4n) is 3.80. The van der Waals surface area contributed by atoms with Gasteiger partial charge in [0.2, 0.25) is 11.8 Å². The molecule has 3 rings (SSSR count). The van der Waals surface area contributed by atoms with Gasteiger partial charge in [-0.1, -0.05) is 30.1 Å². The van der Waals surface area contributed by atoms with Crippen LogP contribution in [0.15, 0.2) is 23.6 Å². The number of nitrogens with one attached hydrogen (secondary N) is 1. The normalized spacial score (nSPS) is 15.1. The Kier molecular flexibility index (Phi) is 8.72. The number of amides is 2. The van der Waals surface area contributed by atoms with Gasteiger partial charge in [-0.05, 0) is 57.5 Å². The number of carbonyl (C=O) groups excluding carboxylic acids is 2. The molecule has 1 aromatic carbocycles. The van der Waals surface area contributed by atoms with Crippen molar-refractivity contribution in [2.24, 2.45) is 5.92 Å². The molecule has 1 saturated heterocycles. The zero-order valence-electron chi connectivity index (χ0n) is 17.9. The lowest BCUT2D eigenvalue weighted by Crippen LogP contribution is -2.45. The third kappa shape index (κ3) is 6.91. The molecule has 0 spiro atoms. The van der Waals surface area contributed by atoms with E-state index < -0.39 is 0 Å². The van der Waals surface area contributed by atoms with Gasteiger partial charge in [-0.15, -0.1) is 11.3 Å². The number of aryl methyl sites for hydroxylation is 1. The molecule has 1 fully saturated rings. The minimum Gasteiger partial charge on any atom is -0.333 e. The van der Waals surface area contributed by atoms with Gasteiger partial charge < -0.3 is 10.2 Å². The summed E-state index contributed by atoms with van der Waals surface area (Å²) >= 11 is 13.7. The van der Waals surface area contributed by atoms with Crippen LogP contribution in [0.5, 0.6) is 0 Å². The van der Waals surface area contributed by atoms with Crippen molar-refractivity contribution in [3.8, 4) is 0 Å². The van der Waals surface area contributed by atoms with Crippen molar-refractivity contribution in [2.45, 2.75) is 39.7 Å². The predicted octanol–water partition coefficient (Wildman–Crippen LogP) is 4.85. The summed E-state index contributed by atoms with van der Waals surface area (Å²) in [5, 5.41) is 6.83. The minimum absolute atomic E-state index is 0.0178. The summed E-state index contributed by atoms with van der Waals surface area (Å²) in [6.07, 6.45) is 2.39. The lowest BCUT2D eigenvalue weighted by molar-refractivity contribution is -0.139. The van der Waals surface area contributed by atoms with Crippen molar-refractivity contribution in [3.63, 3.8) is 0 Å². The molecule has 2 amide bonds. The van der Waals surface area contributed by atoms with Crippen LogP contribution in [0.25, 0.3) is 0 Å². The van der Waals surface area contributed by atoms with Crippen molar-refractivity contribution < 1.29 is 9.59 Å². The molecule has 1 aliphatic heterocycles. The lowest BCUT2D eigenvalue weighted by Gasteiger charge is -2.33. The van der Waals surface area contributed by atoms with Crippen molar-refractivity contribution >= 4 is 52.0 Å². The quantitative estimate of drug-likeness (QED) is 0.583. The number of hydrogen-bond acceptors (Lipinski definition) is 5.